The van der Waals surface area contributed by atoms with Crippen molar-refractivity contribution in [2.45, 2.75) is 37.5 Å². The van der Waals surface area contributed by atoms with Crippen LogP contribution in [0, 0.1) is 11.8 Å². The van der Waals surface area contributed by atoms with E-state index < -0.39 is 0 Å². The van der Waals surface area contributed by atoms with Crippen LogP contribution in [-0.2, 0) is 10.8 Å². The molecule has 0 radical (unpaired) electrons. The Bertz CT molecular complexity index is 3090. The molecule has 0 heteroatoms. The van der Waals surface area contributed by atoms with Gasteiger partial charge >= 0.3 is 0 Å². The van der Waals surface area contributed by atoms with Gasteiger partial charge in [-0.2, -0.15) is 0 Å². The molecule has 0 saturated heterocycles. The summed E-state index contributed by atoms with van der Waals surface area (Å²) in [4.78, 5) is 0. The Hall–Kier alpha value is -5.98. The lowest BCUT2D eigenvalue weighted by Crippen LogP contribution is -2.43. The summed E-state index contributed by atoms with van der Waals surface area (Å²) >= 11 is 0. The maximum Gasteiger partial charge on any atom is 0.0358 e. The van der Waals surface area contributed by atoms with E-state index in [4.69, 9.17) is 0 Å². The van der Waals surface area contributed by atoms with Crippen molar-refractivity contribution in [3.63, 3.8) is 0 Å². The third-order valence-corrected chi connectivity index (χ3v) is 14.5. The Labute approximate surface area is 316 Å². The van der Waals surface area contributed by atoms with Crippen molar-refractivity contribution in [2.24, 2.45) is 11.8 Å². The van der Waals surface area contributed by atoms with Gasteiger partial charge in [-0.05, 0) is 135 Å². The Morgan fingerprint density at radius 3 is 2.11 bits per heavy atom. The van der Waals surface area contributed by atoms with E-state index in [0.717, 1.165) is 12.8 Å². The molecule has 0 fully saturated rings. The topological polar surface area (TPSA) is 0 Å². The van der Waals surface area contributed by atoms with E-state index in [9.17, 15) is 0 Å². The number of hydrogen-bond acceptors (Lipinski definition) is 0. The van der Waals surface area contributed by atoms with Crippen LogP contribution in [0.5, 0.6) is 0 Å². The molecule has 13 rings (SSSR count). The quantitative estimate of drug-likeness (QED) is 0.161. The van der Waals surface area contributed by atoms with Crippen molar-refractivity contribution in [3.05, 3.63) is 207 Å². The Kier molecular flexibility index (Phi) is 5.43. The Morgan fingerprint density at radius 1 is 0.537 bits per heavy atom. The molecule has 0 aromatic heterocycles. The molecule has 0 bridgehead atoms. The fourth-order valence-electron chi connectivity index (χ4n) is 12.6. The first-order valence-corrected chi connectivity index (χ1v) is 19.8. The Balaban J connectivity index is 1.11. The maximum absolute atomic E-state index is 2.54. The average Bonchev–Trinajstić information content (AvgIpc) is 3.88. The third-order valence-electron chi connectivity index (χ3n) is 14.5. The number of rotatable bonds is 1. The van der Waals surface area contributed by atoms with Gasteiger partial charge in [0.15, 0.2) is 0 Å². The zero-order valence-corrected chi connectivity index (χ0v) is 30.6. The van der Waals surface area contributed by atoms with Gasteiger partial charge in [-0.15, -0.1) is 0 Å². The molecule has 54 heavy (non-hydrogen) atoms. The fourth-order valence-corrected chi connectivity index (χ4v) is 12.6. The van der Waals surface area contributed by atoms with E-state index in [1.54, 1.807) is 5.57 Å². The highest BCUT2D eigenvalue weighted by Crippen LogP contribution is 2.68. The van der Waals surface area contributed by atoms with Crippen molar-refractivity contribution in [2.75, 3.05) is 0 Å². The van der Waals surface area contributed by atoms with Crippen molar-refractivity contribution in [1.82, 2.24) is 0 Å². The van der Waals surface area contributed by atoms with Crippen LogP contribution >= 0.6 is 0 Å². The van der Waals surface area contributed by atoms with Crippen LogP contribution in [0.2, 0.25) is 0 Å². The van der Waals surface area contributed by atoms with Crippen molar-refractivity contribution >= 4 is 27.5 Å². The second-order valence-electron chi connectivity index (χ2n) is 17.0. The summed E-state index contributed by atoms with van der Waals surface area (Å²) in [7, 11) is 0. The number of hydrogen-bond donors (Lipinski definition) is 0. The molecule has 254 valence electrons. The van der Waals surface area contributed by atoms with Gasteiger partial charge in [-0.25, -0.2) is 0 Å². The van der Waals surface area contributed by atoms with E-state index in [-0.39, 0.29) is 10.8 Å². The molecule has 7 aromatic carbocycles. The maximum atomic E-state index is 2.54. The monoisotopic (exact) mass is 686 g/mol. The second kappa shape index (κ2) is 9.95. The highest BCUT2D eigenvalue weighted by atomic mass is 14.6. The van der Waals surface area contributed by atoms with Crippen molar-refractivity contribution in [3.8, 4) is 33.4 Å². The zero-order chi connectivity index (χ0) is 35.5. The smallest absolute Gasteiger partial charge is 0.0358 e. The predicted molar refractivity (Wildman–Crippen MR) is 224 cm³/mol. The minimum absolute atomic E-state index is 0.0182. The van der Waals surface area contributed by atoms with E-state index in [0.29, 0.717) is 11.8 Å². The lowest BCUT2D eigenvalue weighted by atomic mass is 9.60. The van der Waals surface area contributed by atoms with E-state index in [2.05, 4.69) is 172 Å². The molecule has 0 nitrogen and oxygen atoms in total. The third kappa shape index (κ3) is 3.30. The highest BCUT2D eigenvalue weighted by molar-refractivity contribution is 6.12. The van der Waals surface area contributed by atoms with Gasteiger partial charge in [0.1, 0.15) is 0 Å². The number of allylic oxidation sites excluding steroid dienone is 4. The summed E-state index contributed by atoms with van der Waals surface area (Å²) in [5.74, 6) is 0.760. The molecule has 6 aliphatic carbocycles. The zero-order valence-electron chi connectivity index (χ0n) is 30.6. The molecule has 0 heterocycles. The molecule has 0 N–H and O–H groups in total. The minimum Gasteiger partial charge on any atom is -0.0839 e. The fraction of sp³-hybridized carbons (Fsp3) is 0.148. The summed E-state index contributed by atoms with van der Waals surface area (Å²) in [6.07, 6.45) is 9.24. The molecule has 3 atom stereocenters. The van der Waals surface area contributed by atoms with Gasteiger partial charge in [0, 0.05) is 22.7 Å². The van der Waals surface area contributed by atoms with Crippen LogP contribution in [0.3, 0.4) is 0 Å². The first-order valence-electron chi connectivity index (χ1n) is 19.8. The summed E-state index contributed by atoms with van der Waals surface area (Å²) in [5.41, 5.74) is 23.0. The number of benzene rings is 7. The van der Waals surface area contributed by atoms with Gasteiger partial charge in [0.2, 0.25) is 0 Å². The van der Waals surface area contributed by atoms with Crippen LogP contribution in [0.4, 0.5) is 0 Å². The molecule has 7 aromatic rings. The first-order chi connectivity index (χ1) is 26.6. The lowest BCUT2D eigenvalue weighted by molar-refractivity contribution is 0.337. The molecule has 1 spiro atoms. The van der Waals surface area contributed by atoms with Gasteiger partial charge in [-0.1, -0.05) is 159 Å². The first kappa shape index (κ1) is 29.5. The van der Waals surface area contributed by atoms with Crippen LogP contribution in [0.1, 0.15) is 65.6 Å². The van der Waals surface area contributed by atoms with Crippen LogP contribution < -0.4 is 10.4 Å². The largest absolute Gasteiger partial charge is 0.0839 e. The normalized spacial score (nSPS) is 22.3. The SMILES string of the molecule is CC1(C)c2ccccc2-c2cc(-c3c4c(cc5ccccc35)C3=c5c-4cccc5=C4c5ccccc5C5(c6ccccc6C6=CC=CCC65)C4C3)ccc21. The van der Waals surface area contributed by atoms with Crippen molar-refractivity contribution < 1.29 is 0 Å². The standard InChI is InChI=1S/C54H38/c1-53(2)43-22-9-5-18-36(43)40-29-32(26-27-44(40)53)49-33-15-4-3-14-31(33)28-41-42-30-48-51(38-20-13-21-39(50(38)42)52(41)49)37-19-8-12-25-47(37)54(48)45-23-10-6-16-34(45)35-17-7-11-24-46(35)54/h3-23,25-29,46,48H,24,30H2,1-2H3. The van der Waals surface area contributed by atoms with E-state index in [1.807, 2.05) is 0 Å². The predicted octanol–water partition coefficient (Wildman–Crippen LogP) is 11.5. The van der Waals surface area contributed by atoms with Gasteiger partial charge in [-0.3, -0.25) is 0 Å². The molecular formula is C54H38. The van der Waals surface area contributed by atoms with Crippen LogP contribution in [-0.4, -0.2) is 0 Å². The summed E-state index contributed by atoms with van der Waals surface area (Å²) in [5, 5.41) is 5.57. The summed E-state index contributed by atoms with van der Waals surface area (Å²) in [6.45, 7) is 4.76. The van der Waals surface area contributed by atoms with Crippen LogP contribution in [0.15, 0.2) is 158 Å². The van der Waals surface area contributed by atoms with Gasteiger partial charge in [0.25, 0.3) is 0 Å². The summed E-state index contributed by atoms with van der Waals surface area (Å²) < 4.78 is 0. The van der Waals surface area contributed by atoms with E-state index >= 15 is 0 Å². The van der Waals surface area contributed by atoms with Crippen molar-refractivity contribution in [1.29, 1.82) is 0 Å². The van der Waals surface area contributed by atoms with Gasteiger partial charge in [0.05, 0.1) is 0 Å². The molecule has 0 saturated carbocycles. The molecule has 6 aliphatic rings. The molecule has 0 aliphatic heterocycles. The lowest BCUT2D eigenvalue weighted by Gasteiger charge is -2.41. The molecule has 0 amide bonds. The Morgan fingerprint density at radius 2 is 1.24 bits per heavy atom. The van der Waals surface area contributed by atoms with E-state index in [1.165, 1.54) is 105 Å². The molecule has 3 unspecified atom stereocenters. The average molecular weight is 687 g/mol. The molecular weight excluding hydrogens is 649 g/mol. The highest BCUT2D eigenvalue weighted by Gasteiger charge is 2.60. The number of fused-ring (bicyclic) bond motifs is 17. The summed E-state index contributed by atoms with van der Waals surface area (Å²) in [6, 6.07) is 54.2. The van der Waals surface area contributed by atoms with Gasteiger partial charge < -0.3 is 0 Å². The van der Waals surface area contributed by atoms with Crippen LogP contribution in [0.25, 0.3) is 60.9 Å². The second-order valence-corrected chi connectivity index (χ2v) is 17.0. The minimum atomic E-state index is -0.109.